The monoisotopic (exact) mass is 340 g/mol. The van der Waals surface area contributed by atoms with E-state index < -0.39 is 20.3 Å². The predicted octanol–water partition coefficient (Wildman–Crippen LogP) is 1.00. The second-order valence-electron chi connectivity index (χ2n) is 6.02. The molecule has 1 amide bonds. The van der Waals surface area contributed by atoms with E-state index in [0.717, 1.165) is 17.8 Å². The van der Waals surface area contributed by atoms with Gasteiger partial charge in [0.15, 0.2) is 9.84 Å². The Morgan fingerprint density at radius 2 is 2.04 bits per heavy atom. The standard InChI is InChI=1S/C15H24N4O3S/c1-5-16-14-8-12-9-19(7-6-13(12)17-18-14)15(20)11(4)23(21,22)10(2)3/h8,10-11H,5-7,9H2,1-4H3,(H,16,18)/t11-/m1/s1. The first kappa shape index (κ1) is 17.7. The van der Waals surface area contributed by atoms with Crippen LogP contribution in [0.25, 0.3) is 0 Å². The average molecular weight is 340 g/mol. The van der Waals surface area contributed by atoms with Gasteiger partial charge < -0.3 is 10.2 Å². The largest absolute Gasteiger partial charge is 0.369 e. The normalized spacial score (nSPS) is 16.1. The molecule has 0 saturated carbocycles. The van der Waals surface area contributed by atoms with Crippen LogP contribution in [0.1, 0.15) is 39.0 Å². The summed E-state index contributed by atoms with van der Waals surface area (Å²) >= 11 is 0. The molecule has 1 atom stereocenters. The Morgan fingerprint density at radius 3 is 2.65 bits per heavy atom. The Hall–Kier alpha value is -1.70. The van der Waals surface area contributed by atoms with Gasteiger partial charge in [-0.25, -0.2) is 8.42 Å². The van der Waals surface area contributed by atoms with Gasteiger partial charge >= 0.3 is 0 Å². The van der Waals surface area contributed by atoms with E-state index in [0.29, 0.717) is 25.3 Å². The van der Waals surface area contributed by atoms with E-state index in [4.69, 9.17) is 0 Å². The molecule has 1 N–H and O–H groups in total. The van der Waals surface area contributed by atoms with Crippen molar-refractivity contribution in [2.24, 2.45) is 0 Å². The topological polar surface area (TPSA) is 92.3 Å². The number of amides is 1. The summed E-state index contributed by atoms with van der Waals surface area (Å²) in [5, 5.41) is 9.78. The van der Waals surface area contributed by atoms with E-state index in [1.807, 2.05) is 13.0 Å². The Labute approximate surface area is 137 Å². The third-order valence-corrected chi connectivity index (χ3v) is 6.61. The second kappa shape index (κ2) is 6.82. The van der Waals surface area contributed by atoms with Crippen molar-refractivity contribution in [3.05, 3.63) is 17.3 Å². The van der Waals surface area contributed by atoms with Gasteiger partial charge in [-0.15, -0.1) is 5.10 Å². The molecule has 1 aromatic heterocycles. The lowest BCUT2D eigenvalue weighted by molar-refractivity contribution is -0.131. The fourth-order valence-corrected chi connectivity index (χ4v) is 3.84. The molecule has 0 aliphatic carbocycles. The molecule has 0 spiro atoms. The van der Waals surface area contributed by atoms with Crippen LogP contribution in [0.3, 0.4) is 0 Å². The maximum Gasteiger partial charge on any atom is 0.240 e. The number of hydrogen-bond acceptors (Lipinski definition) is 6. The molecule has 0 bridgehead atoms. The van der Waals surface area contributed by atoms with Crippen molar-refractivity contribution in [1.82, 2.24) is 15.1 Å². The number of hydrogen-bond donors (Lipinski definition) is 1. The third kappa shape index (κ3) is 3.63. The first-order valence-electron chi connectivity index (χ1n) is 7.88. The van der Waals surface area contributed by atoms with Gasteiger partial charge in [0.1, 0.15) is 11.1 Å². The minimum atomic E-state index is -3.45. The smallest absolute Gasteiger partial charge is 0.240 e. The van der Waals surface area contributed by atoms with Crippen molar-refractivity contribution in [2.75, 3.05) is 18.4 Å². The number of sulfone groups is 1. The zero-order valence-electron chi connectivity index (χ0n) is 14.0. The molecule has 23 heavy (non-hydrogen) atoms. The van der Waals surface area contributed by atoms with Gasteiger partial charge in [-0.3, -0.25) is 4.79 Å². The van der Waals surface area contributed by atoms with E-state index in [-0.39, 0.29) is 5.91 Å². The number of rotatable bonds is 5. The molecule has 0 aromatic carbocycles. The fourth-order valence-electron chi connectivity index (χ4n) is 2.59. The average Bonchev–Trinajstić information content (AvgIpc) is 2.52. The maximum atomic E-state index is 12.6. The van der Waals surface area contributed by atoms with Crippen molar-refractivity contribution in [2.45, 2.75) is 51.2 Å². The summed E-state index contributed by atoms with van der Waals surface area (Å²) in [6.07, 6.45) is 0.592. The van der Waals surface area contributed by atoms with Crippen LogP contribution in [0, 0.1) is 0 Å². The molecular weight excluding hydrogens is 316 g/mol. The number of fused-ring (bicyclic) bond motifs is 1. The van der Waals surface area contributed by atoms with Gasteiger partial charge in [-0.05, 0) is 39.3 Å². The van der Waals surface area contributed by atoms with E-state index in [2.05, 4.69) is 15.5 Å². The minimum absolute atomic E-state index is 0.342. The van der Waals surface area contributed by atoms with Crippen molar-refractivity contribution in [3.8, 4) is 0 Å². The summed E-state index contributed by atoms with van der Waals surface area (Å²) in [5.41, 5.74) is 1.79. The van der Waals surface area contributed by atoms with E-state index >= 15 is 0 Å². The van der Waals surface area contributed by atoms with Crippen molar-refractivity contribution < 1.29 is 13.2 Å². The number of anilines is 1. The Balaban J connectivity index is 2.18. The van der Waals surface area contributed by atoms with E-state index in [1.165, 1.54) is 6.92 Å². The molecule has 2 heterocycles. The number of aromatic nitrogens is 2. The molecule has 0 fully saturated rings. The summed E-state index contributed by atoms with van der Waals surface area (Å²) in [6.45, 7) is 8.22. The number of nitrogens with zero attached hydrogens (tertiary/aromatic N) is 3. The summed E-state index contributed by atoms with van der Waals surface area (Å²) < 4.78 is 24.4. The lowest BCUT2D eigenvalue weighted by atomic mass is 10.1. The molecule has 7 nitrogen and oxygen atoms in total. The zero-order chi connectivity index (χ0) is 17.2. The van der Waals surface area contributed by atoms with Gasteiger partial charge in [-0.2, -0.15) is 5.10 Å². The van der Waals surface area contributed by atoms with Crippen molar-refractivity contribution in [3.63, 3.8) is 0 Å². The first-order chi connectivity index (χ1) is 10.8. The van der Waals surface area contributed by atoms with Gasteiger partial charge in [0, 0.05) is 26.1 Å². The molecule has 1 aliphatic heterocycles. The van der Waals surface area contributed by atoms with Crippen LogP contribution >= 0.6 is 0 Å². The van der Waals surface area contributed by atoms with Gasteiger partial charge in [0.25, 0.3) is 0 Å². The third-order valence-electron chi connectivity index (χ3n) is 4.11. The maximum absolute atomic E-state index is 12.6. The van der Waals surface area contributed by atoms with Crippen LogP contribution in [-0.2, 0) is 27.6 Å². The fraction of sp³-hybridized carbons (Fsp3) is 0.667. The van der Waals surface area contributed by atoms with Crippen LogP contribution in [0.5, 0.6) is 0 Å². The SMILES string of the molecule is CCNc1cc2c(nn1)CCN(C(=O)[C@@H](C)S(=O)(=O)C(C)C)C2. The summed E-state index contributed by atoms with van der Waals surface area (Å²) in [5.74, 6) is 0.328. The molecule has 0 unspecified atom stereocenters. The van der Waals surface area contributed by atoms with Gasteiger partial charge in [0.2, 0.25) is 5.91 Å². The van der Waals surface area contributed by atoms with Crippen molar-refractivity contribution in [1.29, 1.82) is 0 Å². The Kier molecular flexibility index (Phi) is 5.23. The highest BCUT2D eigenvalue weighted by Crippen LogP contribution is 2.21. The summed E-state index contributed by atoms with van der Waals surface area (Å²) in [7, 11) is -3.45. The number of carbonyl (C=O) groups is 1. The Morgan fingerprint density at radius 1 is 1.35 bits per heavy atom. The van der Waals surface area contributed by atoms with Crippen LogP contribution in [0.2, 0.25) is 0 Å². The molecule has 1 aliphatic rings. The molecule has 1 aromatic rings. The molecule has 0 saturated heterocycles. The molecule has 2 rings (SSSR count). The summed E-state index contributed by atoms with van der Waals surface area (Å²) in [4.78, 5) is 14.2. The zero-order valence-corrected chi connectivity index (χ0v) is 14.9. The highest BCUT2D eigenvalue weighted by molar-refractivity contribution is 7.93. The quantitative estimate of drug-likeness (QED) is 0.860. The highest BCUT2D eigenvalue weighted by atomic mass is 32.2. The molecular formula is C15H24N4O3S. The van der Waals surface area contributed by atoms with Crippen LogP contribution in [0.15, 0.2) is 6.07 Å². The van der Waals surface area contributed by atoms with Crippen LogP contribution in [0.4, 0.5) is 5.82 Å². The van der Waals surface area contributed by atoms with Crippen LogP contribution < -0.4 is 5.32 Å². The number of nitrogens with one attached hydrogen (secondary N) is 1. The van der Waals surface area contributed by atoms with Gasteiger partial charge in [0.05, 0.1) is 10.9 Å². The Bertz CT molecular complexity index is 688. The summed E-state index contributed by atoms with van der Waals surface area (Å²) in [6, 6.07) is 1.88. The predicted molar refractivity (Wildman–Crippen MR) is 88.8 cm³/mol. The lowest BCUT2D eigenvalue weighted by Crippen LogP contribution is -2.45. The molecule has 128 valence electrons. The molecule has 8 heteroatoms. The lowest BCUT2D eigenvalue weighted by Gasteiger charge is -2.30. The highest BCUT2D eigenvalue weighted by Gasteiger charge is 2.35. The minimum Gasteiger partial charge on any atom is -0.369 e. The van der Waals surface area contributed by atoms with Crippen molar-refractivity contribution >= 4 is 21.6 Å². The van der Waals surface area contributed by atoms with Gasteiger partial charge in [-0.1, -0.05) is 0 Å². The van der Waals surface area contributed by atoms with E-state index in [1.54, 1.807) is 18.7 Å². The second-order valence-corrected chi connectivity index (χ2v) is 8.85. The van der Waals surface area contributed by atoms with Crippen LogP contribution in [-0.4, -0.2) is 53.0 Å². The first-order valence-corrected chi connectivity index (χ1v) is 9.49. The van der Waals surface area contributed by atoms with E-state index in [9.17, 15) is 13.2 Å². The number of carbonyl (C=O) groups excluding carboxylic acids is 1. The molecule has 0 radical (unpaired) electrons.